The fraction of sp³-hybridized carbons (Fsp3) is 0.500. The van der Waals surface area contributed by atoms with Crippen LogP contribution in [0.4, 0.5) is 0 Å². The molecule has 9 heteroatoms. The van der Waals surface area contributed by atoms with E-state index in [-0.39, 0.29) is 48.1 Å². The monoisotopic (exact) mass is 506 g/mol. The van der Waals surface area contributed by atoms with E-state index in [2.05, 4.69) is 27.3 Å². The van der Waals surface area contributed by atoms with Crippen molar-refractivity contribution in [2.75, 3.05) is 27.8 Å². The van der Waals surface area contributed by atoms with E-state index >= 15 is 0 Å². The second kappa shape index (κ2) is 9.12. The first-order valence-electron chi connectivity index (χ1n) is 12.6. The van der Waals surface area contributed by atoms with Gasteiger partial charge in [-0.3, -0.25) is 14.6 Å². The van der Waals surface area contributed by atoms with Crippen LogP contribution >= 0.6 is 0 Å². The number of benzene rings is 2. The number of phenols is 2. The van der Waals surface area contributed by atoms with Gasteiger partial charge in [0.15, 0.2) is 11.5 Å². The predicted molar refractivity (Wildman–Crippen MR) is 137 cm³/mol. The predicted octanol–water partition coefficient (Wildman–Crippen LogP) is 2.64. The van der Waals surface area contributed by atoms with Gasteiger partial charge in [-0.05, 0) is 56.5 Å². The fourth-order valence-corrected chi connectivity index (χ4v) is 6.93. The van der Waals surface area contributed by atoms with Gasteiger partial charge in [-0.1, -0.05) is 6.07 Å². The minimum absolute atomic E-state index is 0.117. The number of aryl methyl sites for hydroxylation is 1. The van der Waals surface area contributed by atoms with Gasteiger partial charge in [0, 0.05) is 42.2 Å². The summed E-state index contributed by atoms with van der Waals surface area (Å²) in [4.78, 5) is 16.4. The maximum absolute atomic E-state index is 12.0. The van der Waals surface area contributed by atoms with Crippen LogP contribution in [-0.4, -0.2) is 71.9 Å². The van der Waals surface area contributed by atoms with E-state index in [1.54, 1.807) is 14.2 Å². The molecule has 2 bridgehead atoms. The Bertz CT molecular complexity index is 1320. The maximum atomic E-state index is 12.0. The highest BCUT2D eigenvalue weighted by molar-refractivity contribution is 5.73. The number of fused-ring (bicyclic) bond motifs is 7. The van der Waals surface area contributed by atoms with Crippen LogP contribution in [0.2, 0.25) is 0 Å². The van der Waals surface area contributed by atoms with Gasteiger partial charge >= 0.3 is 0 Å². The van der Waals surface area contributed by atoms with E-state index in [0.717, 1.165) is 27.8 Å². The second-order valence-electron chi connectivity index (χ2n) is 10.4. The number of amides is 1. The summed E-state index contributed by atoms with van der Waals surface area (Å²) in [5, 5.41) is 36.1. The Kier molecular flexibility index (Phi) is 6.21. The highest BCUT2D eigenvalue weighted by Crippen LogP contribution is 2.54. The molecule has 37 heavy (non-hydrogen) atoms. The van der Waals surface area contributed by atoms with E-state index < -0.39 is 6.04 Å². The molecule has 3 aliphatic rings. The van der Waals surface area contributed by atoms with Crippen molar-refractivity contribution >= 4 is 5.91 Å². The van der Waals surface area contributed by atoms with Crippen molar-refractivity contribution in [1.29, 1.82) is 5.26 Å². The number of aromatic hydroxyl groups is 2. The maximum Gasteiger partial charge on any atom is 0.216 e. The number of hydrogen-bond acceptors (Lipinski definition) is 8. The molecule has 0 saturated carbocycles. The summed E-state index contributed by atoms with van der Waals surface area (Å²) >= 11 is 0. The lowest BCUT2D eigenvalue weighted by Crippen LogP contribution is -2.68. The number of piperazine rings is 1. The molecule has 3 heterocycles. The number of phenolic OH excluding ortho intramolecular Hbond substituents is 2. The van der Waals surface area contributed by atoms with Gasteiger partial charge in [-0.25, -0.2) is 0 Å². The fourth-order valence-electron chi connectivity index (χ4n) is 6.93. The molecule has 196 valence electrons. The van der Waals surface area contributed by atoms with E-state index in [0.29, 0.717) is 29.9 Å². The molecular weight excluding hydrogens is 472 g/mol. The lowest BCUT2D eigenvalue weighted by Gasteiger charge is -2.60. The number of rotatable bonds is 4. The smallest absolute Gasteiger partial charge is 0.216 e. The number of methoxy groups -OCH3 is 2. The summed E-state index contributed by atoms with van der Waals surface area (Å²) in [6.07, 6.45) is 1.07. The van der Waals surface area contributed by atoms with Gasteiger partial charge in [0.25, 0.3) is 0 Å². The molecule has 0 spiro atoms. The number of carbonyl (C=O) groups excluding carboxylic acids is 1. The number of ether oxygens (including phenoxy) is 2. The van der Waals surface area contributed by atoms with Gasteiger partial charge in [-0.2, -0.15) is 5.26 Å². The zero-order valence-electron chi connectivity index (χ0n) is 22.1. The lowest BCUT2D eigenvalue weighted by molar-refractivity contribution is -0.120. The van der Waals surface area contributed by atoms with Gasteiger partial charge in [0.05, 0.1) is 32.4 Å². The van der Waals surface area contributed by atoms with E-state index in [9.17, 15) is 20.3 Å². The molecule has 0 aromatic heterocycles. The number of nitrogens with one attached hydrogen (secondary N) is 1. The Balaban J connectivity index is 1.75. The quantitative estimate of drug-likeness (QED) is 0.579. The van der Waals surface area contributed by atoms with E-state index in [1.165, 1.54) is 6.92 Å². The first-order chi connectivity index (χ1) is 17.6. The normalized spacial score (nSPS) is 26.4. The average Bonchev–Trinajstić information content (AvgIpc) is 2.85. The van der Waals surface area contributed by atoms with Crippen LogP contribution in [0.15, 0.2) is 12.1 Å². The summed E-state index contributed by atoms with van der Waals surface area (Å²) < 4.78 is 11.1. The van der Waals surface area contributed by atoms with Crippen LogP contribution in [0, 0.1) is 25.2 Å². The van der Waals surface area contributed by atoms with Gasteiger partial charge in [0.1, 0.15) is 17.5 Å². The minimum atomic E-state index is -0.467. The van der Waals surface area contributed by atoms with Gasteiger partial charge < -0.3 is 25.0 Å². The van der Waals surface area contributed by atoms with Crippen LogP contribution in [0.25, 0.3) is 0 Å². The summed E-state index contributed by atoms with van der Waals surface area (Å²) in [6, 6.07) is 5.11. The van der Waals surface area contributed by atoms with Crippen molar-refractivity contribution in [3.63, 3.8) is 0 Å². The van der Waals surface area contributed by atoms with Gasteiger partial charge in [0.2, 0.25) is 5.91 Å². The van der Waals surface area contributed by atoms with Crippen molar-refractivity contribution < 1.29 is 24.5 Å². The number of nitrogens with zero attached hydrogens (tertiary/aromatic N) is 3. The Labute approximate surface area is 217 Å². The van der Waals surface area contributed by atoms with Gasteiger partial charge in [-0.15, -0.1) is 0 Å². The zero-order chi connectivity index (χ0) is 26.8. The summed E-state index contributed by atoms with van der Waals surface area (Å²) in [7, 11) is 5.12. The largest absolute Gasteiger partial charge is 0.507 e. The molecule has 2 aromatic carbocycles. The SMILES string of the molecule is COc1cc2c(c(O)c1C)CC1C3c4c(cc(C)c(OC)c4O)C[C@@H]([C@H](C#N)N1[C@H]2CNC(C)=O)N3C. The molecule has 9 nitrogen and oxygen atoms in total. The third kappa shape index (κ3) is 3.62. The first kappa shape index (κ1) is 25.2. The summed E-state index contributed by atoms with van der Waals surface area (Å²) in [5.41, 5.74) is 4.95. The molecular formula is C28H34N4O5. The second-order valence-corrected chi connectivity index (χ2v) is 10.4. The molecule has 2 unspecified atom stereocenters. The molecule has 1 amide bonds. The zero-order valence-corrected chi connectivity index (χ0v) is 22.1. The van der Waals surface area contributed by atoms with Crippen LogP contribution in [0.1, 0.15) is 52.4 Å². The van der Waals surface area contributed by atoms with Crippen LogP contribution in [0.5, 0.6) is 23.0 Å². The summed E-state index contributed by atoms with van der Waals surface area (Å²) in [6.45, 7) is 5.48. The Morgan fingerprint density at radius 1 is 1.16 bits per heavy atom. The molecule has 2 aromatic rings. The van der Waals surface area contributed by atoms with Crippen molar-refractivity contribution in [3.8, 4) is 29.1 Å². The molecule has 5 rings (SSSR count). The highest BCUT2D eigenvalue weighted by Gasteiger charge is 2.55. The third-order valence-corrected chi connectivity index (χ3v) is 8.56. The number of hydrogen-bond donors (Lipinski definition) is 3. The Morgan fingerprint density at radius 3 is 2.51 bits per heavy atom. The number of likely N-dealkylation sites (N-methyl/N-ethyl adjacent to an activating group) is 1. The topological polar surface area (TPSA) is 118 Å². The van der Waals surface area contributed by atoms with Crippen molar-refractivity contribution in [1.82, 2.24) is 15.1 Å². The molecule has 1 saturated heterocycles. The molecule has 0 radical (unpaired) electrons. The lowest BCUT2D eigenvalue weighted by atomic mass is 9.72. The third-order valence-electron chi connectivity index (χ3n) is 8.56. The van der Waals surface area contributed by atoms with Crippen molar-refractivity contribution in [2.45, 2.75) is 63.8 Å². The Morgan fingerprint density at radius 2 is 1.89 bits per heavy atom. The summed E-state index contributed by atoms with van der Waals surface area (Å²) in [5.74, 6) is 1.14. The first-order valence-corrected chi connectivity index (χ1v) is 12.6. The van der Waals surface area contributed by atoms with Crippen LogP contribution in [-0.2, 0) is 17.6 Å². The Hall–Kier alpha value is -3.48. The van der Waals surface area contributed by atoms with Crippen LogP contribution < -0.4 is 14.8 Å². The average molecular weight is 507 g/mol. The molecule has 5 atom stereocenters. The van der Waals surface area contributed by atoms with E-state index in [1.807, 2.05) is 27.0 Å². The number of carbonyl (C=O) groups is 1. The van der Waals surface area contributed by atoms with Crippen molar-refractivity contribution in [2.24, 2.45) is 0 Å². The highest BCUT2D eigenvalue weighted by atomic mass is 16.5. The van der Waals surface area contributed by atoms with Crippen molar-refractivity contribution in [3.05, 3.63) is 45.5 Å². The molecule has 3 aliphatic heterocycles. The van der Waals surface area contributed by atoms with E-state index in [4.69, 9.17) is 9.47 Å². The molecule has 0 aliphatic carbocycles. The standard InChI is InChI=1S/C28H34N4O5/c1-13-7-16-8-19-21(11-29)32-20(25(31(19)4)24(16)27(35)28(13)37-6)9-18-17(22(32)12-30-15(3)33)10-23(36-5)14(2)26(18)34/h7,10,19-22,25,34-35H,8-9,12H2,1-6H3,(H,30,33)/t19-,20?,21-,22-,25?/m0/s1. The number of nitriles is 1. The van der Waals surface area contributed by atoms with Crippen LogP contribution in [0.3, 0.4) is 0 Å². The minimum Gasteiger partial charge on any atom is -0.507 e. The molecule has 1 fully saturated rings. The molecule has 3 N–H and O–H groups in total.